The highest BCUT2D eigenvalue weighted by Gasteiger charge is 2.39. The van der Waals surface area contributed by atoms with E-state index in [4.69, 9.17) is 0 Å². The van der Waals surface area contributed by atoms with Gasteiger partial charge in [0.05, 0.1) is 11.5 Å². The third kappa shape index (κ3) is 3.93. The van der Waals surface area contributed by atoms with E-state index in [1.54, 1.807) is 0 Å². The van der Waals surface area contributed by atoms with E-state index in [1.807, 2.05) is 0 Å². The number of hydrogen-bond acceptors (Lipinski definition) is 4. The lowest BCUT2D eigenvalue weighted by Gasteiger charge is -2.24. The van der Waals surface area contributed by atoms with Crippen molar-refractivity contribution < 1.29 is 8.42 Å². The Kier molecular flexibility index (Phi) is 4.10. The van der Waals surface area contributed by atoms with E-state index < -0.39 is 9.84 Å². The van der Waals surface area contributed by atoms with Crippen molar-refractivity contribution in [1.82, 2.24) is 10.6 Å². The standard InChI is InChI=1S/C12H24N2O2S/c1-2-12(4-5-12)10-13-6-3-11-9-17(15,16)8-7-14-11/h11,13-14H,2-10H2,1H3. The van der Waals surface area contributed by atoms with Gasteiger partial charge in [0.1, 0.15) is 0 Å². The molecule has 1 aliphatic heterocycles. The van der Waals surface area contributed by atoms with Crippen molar-refractivity contribution in [3.8, 4) is 0 Å². The molecule has 0 amide bonds. The van der Waals surface area contributed by atoms with Crippen LogP contribution >= 0.6 is 0 Å². The van der Waals surface area contributed by atoms with Crippen LogP contribution in [0.25, 0.3) is 0 Å². The second-order valence-corrected chi connectivity index (χ2v) is 7.81. The molecule has 1 aliphatic carbocycles. The molecule has 100 valence electrons. The van der Waals surface area contributed by atoms with Gasteiger partial charge in [-0.1, -0.05) is 6.92 Å². The predicted octanol–water partition coefficient (Wildman–Crippen LogP) is 0.543. The Morgan fingerprint density at radius 2 is 2.18 bits per heavy atom. The molecule has 0 aromatic carbocycles. The highest BCUT2D eigenvalue weighted by Crippen LogP contribution is 2.47. The molecule has 1 unspecified atom stereocenters. The highest BCUT2D eigenvalue weighted by atomic mass is 32.2. The first-order valence-electron chi connectivity index (χ1n) is 6.70. The van der Waals surface area contributed by atoms with Crippen LogP contribution in [-0.4, -0.2) is 45.6 Å². The Hall–Kier alpha value is -0.130. The van der Waals surface area contributed by atoms with E-state index in [-0.39, 0.29) is 6.04 Å². The fraction of sp³-hybridized carbons (Fsp3) is 1.00. The Bertz CT molecular complexity index is 350. The van der Waals surface area contributed by atoms with E-state index in [9.17, 15) is 8.42 Å². The molecule has 2 aliphatic rings. The average Bonchev–Trinajstić information content (AvgIpc) is 3.04. The molecular formula is C12H24N2O2S. The number of sulfone groups is 1. The minimum absolute atomic E-state index is 0.151. The van der Waals surface area contributed by atoms with Gasteiger partial charge < -0.3 is 10.6 Å². The summed E-state index contributed by atoms with van der Waals surface area (Å²) in [7, 11) is -2.78. The molecule has 2 fully saturated rings. The Balaban J connectivity index is 1.62. The van der Waals surface area contributed by atoms with Crippen molar-refractivity contribution in [3.05, 3.63) is 0 Å². The van der Waals surface area contributed by atoms with Crippen LogP contribution in [-0.2, 0) is 9.84 Å². The fourth-order valence-corrected chi connectivity index (χ4v) is 4.01. The van der Waals surface area contributed by atoms with Crippen LogP contribution in [0.3, 0.4) is 0 Å². The SMILES string of the molecule is CCC1(CNCCC2CS(=O)(=O)CCN2)CC1. The molecule has 0 bridgehead atoms. The first kappa shape index (κ1) is 13.3. The van der Waals surface area contributed by atoms with Crippen molar-refractivity contribution in [3.63, 3.8) is 0 Å². The zero-order chi connectivity index (χ0) is 12.4. The fourth-order valence-electron chi connectivity index (χ4n) is 2.51. The normalized spacial score (nSPS) is 30.1. The molecule has 5 heteroatoms. The summed E-state index contributed by atoms with van der Waals surface area (Å²) in [5.41, 5.74) is 0.575. The summed E-state index contributed by atoms with van der Waals surface area (Å²) in [6, 6.07) is 0.151. The molecule has 0 spiro atoms. The molecule has 1 saturated heterocycles. The molecule has 2 rings (SSSR count). The molecule has 2 N–H and O–H groups in total. The second-order valence-electron chi connectivity index (χ2n) is 5.58. The van der Waals surface area contributed by atoms with Crippen LogP contribution in [0.1, 0.15) is 32.6 Å². The molecule has 0 aromatic heterocycles. The second kappa shape index (κ2) is 5.24. The van der Waals surface area contributed by atoms with E-state index in [0.29, 0.717) is 23.5 Å². The maximum Gasteiger partial charge on any atom is 0.153 e. The van der Waals surface area contributed by atoms with Crippen LogP contribution in [0.5, 0.6) is 0 Å². The van der Waals surface area contributed by atoms with Gasteiger partial charge in [-0.3, -0.25) is 0 Å². The van der Waals surface area contributed by atoms with Crippen molar-refractivity contribution in [1.29, 1.82) is 0 Å². The van der Waals surface area contributed by atoms with Crippen LogP contribution in [0.15, 0.2) is 0 Å². The third-order valence-electron chi connectivity index (χ3n) is 4.18. The molecule has 4 nitrogen and oxygen atoms in total. The lowest BCUT2D eigenvalue weighted by molar-refractivity contribution is 0.421. The largest absolute Gasteiger partial charge is 0.316 e. The molecule has 1 atom stereocenters. The Morgan fingerprint density at radius 1 is 1.41 bits per heavy atom. The number of rotatable bonds is 6. The predicted molar refractivity (Wildman–Crippen MR) is 69.9 cm³/mol. The molecule has 1 saturated carbocycles. The van der Waals surface area contributed by atoms with E-state index in [2.05, 4.69) is 17.6 Å². The summed E-state index contributed by atoms with van der Waals surface area (Å²) < 4.78 is 22.9. The quantitative estimate of drug-likeness (QED) is 0.685. The Morgan fingerprint density at radius 3 is 2.76 bits per heavy atom. The van der Waals surface area contributed by atoms with Gasteiger partial charge in [0.25, 0.3) is 0 Å². The molecular weight excluding hydrogens is 236 g/mol. The van der Waals surface area contributed by atoms with Gasteiger partial charge in [-0.2, -0.15) is 0 Å². The van der Waals surface area contributed by atoms with Crippen LogP contribution < -0.4 is 10.6 Å². The lowest BCUT2D eigenvalue weighted by atomic mass is 10.0. The summed E-state index contributed by atoms with van der Waals surface area (Å²) in [6.07, 6.45) is 4.88. The molecule has 0 radical (unpaired) electrons. The van der Waals surface area contributed by atoms with Gasteiger partial charge in [0, 0.05) is 19.1 Å². The molecule has 17 heavy (non-hydrogen) atoms. The minimum Gasteiger partial charge on any atom is -0.316 e. The lowest BCUT2D eigenvalue weighted by Crippen LogP contribution is -2.46. The van der Waals surface area contributed by atoms with Crippen molar-refractivity contribution in [2.24, 2.45) is 5.41 Å². The first-order chi connectivity index (χ1) is 8.05. The maximum atomic E-state index is 11.4. The van der Waals surface area contributed by atoms with Crippen LogP contribution in [0.4, 0.5) is 0 Å². The van der Waals surface area contributed by atoms with Gasteiger partial charge in [0.2, 0.25) is 0 Å². The average molecular weight is 260 g/mol. The van der Waals surface area contributed by atoms with Gasteiger partial charge >= 0.3 is 0 Å². The molecule has 0 aromatic rings. The minimum atomic E-state index is -2.78. The maximum absolute atomic E-state index is 11.4. The van der Waals surface area contributed by atoms with E-state index in [0.717, 1.165) is 19.5 Å². The summed E-state index contributed by atoms with van der Waals surface area (Å²) in [5, 5.41) is 6.76. The van der Waals surface area contributed by atoms with E-state index >= 15 is 0 Å². The highest BCUT2D eigenvalue weighted by molar-refractivity contribution is 7.91. The van der Waals surface area contributed by atoms with E-state index in [1.165, 1.54) is 19.3 Å². The summed E-state index contributed by atoms with van der Waals surface area (Å²) >= 11 is 0. The monoisotopic (exact) mass is 260 g/mol. The van der Waals surface area contributed by atoms with Crippen molar-refractivity contribution >= 4 is 9.84 Å². The zero-order valence-electron chi connectivity index (χ0n) is 10.7. The Labute approximate surface area is 104 Å². The topological polar surface area (TPSA) is 58.2 Å². The number of hydrogen-bond donors (Lipinski definition) is 2. The van der Waals surface area contributed by atoms with Crippen molar-refractivity contribution in [2.75, 3.05) is 31.1 Å². The smallest absolute Gasteiger partial charge is 0.153 e. The summed E-state index contributed by atoms with van der Waals surface area (Å²) in [4.78, 5) is 0. The van der Waals surface area contributed by atoms with Crippen molar-refractivity contribution in [2.45, 2.75) is 38.6 Å². The van der Waals surface area contributed by atoms with Crippen LogP contribution in [0.2, 0.25) is 0 Å². The van der Waals surface area contributed by atoms with Gasteiger partial charge in [-0.25, -0.2) is 8.42 Å². The summed E-state index contributed by atoms with van der Waals surface area (Å²) in [5.74, 6) is 0.615. The summed E-state index contributed by atoms with van der Waals surface area (Å²) in [6.45, 7) is 4.90. The molecule has 1 heterocycles. The zero-order valence-corrected chi connectivity index (χ0v) is 11.5. The van der Waals surface area contributed by atoms with Gasteiger partial charge in [-0.05, 0) is 37.6 Å². The third-order valence-corrected chi connectivity index (χ3v) is 5.91. The van der Waals surface area contributed by atoms with Crippen LogP contribution in [0, 0.1) is 5.41 Å². The first-order valence-corrected chi connectivity index (χ1v) is 8.52. The number of nitrogens with one attached hydrogen (secondary N) is 2. The van der Waals surface area contributed by atoms with Gasteiger partial charge in [0.15, 0.2) is 9.84 Å². The van der Waals surface area contributed by atoms with Gasteiger partial charge in [-0.15, -0.1) is 0 Å².